The maximum atomic E-state index is 11.5. The van der Waals surface area contributed by atoms with Crippen molar-refractivity contribution in [3.8, 4) is 5.75 Å². The van der Waals surface area contributed by atoms with Gasteiger partial charge in [0.2, 0.25) is 0 Å². The van der Waals surface area contributed by atoms with Gasteiger partial charge >= 0.3 is 0 Å². The van der Waals surface area contributed by atoms with E-state index in [1.165, 1.54) is 24.0 Å². The Balaban J connectivity index is 1.92. The molecule has 0 radical (unpaired) electrons. The SMILES string of the molecule is CN(C)S(=O)(=O)NCCc1ccc2c(c1)CCO2. The predicted octanol–water partition coefficient (Wildman–Crippen LogP) is 0.560. The summed E-state index contributed by atoms with van der Waals surface area (Å²) in [7, 11) is -0.303. The minimum absolute atomic E-state index is 0.403. The Morgan fingerprint density at radius 3 is 2.89 bits per heavy atom. The molecule has 0 saturated carbocycles. The molecule has 18 heavy (non-hydrogen) atoms. The van der Waals surface area contributed by atoms with Crippen LogP contribution < -0.4 is 9.46 Å². The number of hydrogen-bond donors (Lipinski definition) is 1. The van der Waals surface area contributed by atoms with E-state index in [4.69, 9.17) is 4.74 Å². The Labute approximate surface area is 108 Å². The second-order valence-electron chi connectivity index (χ2n) is 4.47. The Morgan fingerprint density at radius 1 is 1.39 bits per heavy atom. The lowest BCUT2D eigenvalue weighted by Gasteiger charge is -2.12. The molecule has 0 atom stereocenters. The minimum atomic E-state index is -3.32. The highest BCUT2D eigenvalue weighted by Crippen LogP contribution is 2.25. The first-order valence-electron chi connectivity index (χ1n) is 5.91. The van der Waals surface area contributed by atoms with Gasteiger partial charge in [-0.05, 0) is 23.6 Å². The third kappa shape index (κ3) is 3.01. The van der Waals surface area contributed by atoms with Crippen LogP contribution in [0, 0.1) is 0 Å². The van der Waals surface area contributed by atoms with Gasteiger partial charge in [-0.3, -0.25) is 0 Å². The van der Waals surface area contributed by atoms with E-state index in [9.17, 15) is 8.42 Å². The molecule has 0 aliphatic carbocycles. The third-order valence-corrected chi connectivity index (χ3v) is 4.46. The summed E-state index contributed by atoms with van der Waals surface area (Å²) in [5, 5.41) is 0. The van der Waals surface area contributed by atoms with Crippen molar-refractivity contribution in [1.82, 2.24) is 9.03 Å². The summed E-state index contributed by atoms with van der Waals surface area (Å²) in [6.07, 6.45) is 1.62. The van der Waals surface area contributed by atoms with E-state index in [1.807, 2.05) is 12.1 Å². The molecule has 1 aromatic rings. The highest BCUT2D eigenvalue weighted by molar-refractivity contribution is 7.87. The normalized spacial score (nSPS) is 14.6. The Hall–Kier alpha value is -1.11. The van der Waals surface area contributed by atoms with Gasteiger partial charge in [0.25, 0.3) is 10.2 Å². The Morgan fingerprint density at radius 2 is 2.17 bits per heavy atom. The molecule has 0 amide bonds. The van der Waals surface area contributed by atoms with Gasteiger partial charge in [0.1, 0.15) is 5.75 Å². The van der Waals surface area contributed by atoms with Crippen LogP contribution in [-0.4, -0.2) is 40.0 Å². The van der Waals surface area contributed by atoms with Gasteiger partial charge in [-0.15, -0.1) is 0 Å². The molecule has 2 rings (SSSR count). The van der Waals surface area contributed by atoms with Crippen molar-refractivity contribution in [2.24, 2.45) is 0 Å². The molecule has 0 fully saturated rings. The summed E-state index contributed by atoms with van der Waals surface area (Å²) < 4.78 is 32.1. The highest BCUT2D eigenvalue weighted by Gasteiger charge is 2.14. The fourth-order valence-electron chi connectivity index (χ4n) is 1.85. The molecule has 0 saturated heterocycles. The highest BCUT2D eigenvalue weighted by atomic mass is 32.2. The molecule has 5 nitrogen and oxygen atoms in total. The average molecular weight is 270 g/mol. The fourth-order valence-corrected chi connectivity index (χ4v) is 2.47. The van der Waals surface area contributed by atoms with Crippen molar-refractivity contribution in [1.29, 1.82) is 0 Å². The van der Waals surface area contributed by atoms with Crippen molar-refractivity contribution in [2.75, 3.05) is 27.2 Å². The van der Waals surface area contributed by atoms with Crippen LogP contribution in [0.5, 0.6) is 5.75 Å². The largest absolute Gasteiger partial charge is 0.493 e. The zero-order chi connectivity index (χ0) is 13.2. The van der Waals surface area contributed by atoms with Crippen LogP contribution in [0.2, 0.25) is 0 Å². The molecule has 1 aliphatic rings. The zero-order valence-corrected chi connectivity index (χ0v) is 11.5. The molecule has 6 heteroatoms. The Bertz CT molecular complexity index is 526. The summed E-state index contributed by atoms with van der Waals surface area (Å²) in [6, 6.07) is 6.03. The average Bonchev–Trinajstić information content (AvgIpc) is 2.75. The number of fused-ring (bicyclic) bond motifs is 1. The second-order valence-corrected chi connectivity index (χ2v) is 6.44. The van der Waals surface area contributed by atoms with Crippen molar-refractivity contribution in [3.05, 3.63) is 29.3 Å². The molecule has 1 aliphatic heterocycles. The molecule has 100 valence electrons. The maximum absolute atomic E-state index is 11.5. The maximum Gasteiger partial charge on any atom is 0.278 e. The quantitative estimate of drug-likeness (QED) is 0.850. The van der Waals surface area contributed by atoms with E-state index in [0.717, 1.165) is 24.3 Å². The van der Waals surface area contributed by atoms with Gasteiger partial charge in [-0.25, -0.2) is 4.72 Å². The van der Waals surface area contributed by atoms with Gasteiger partial charge in [-0.2, -0.15) is 12.7 Å². The number of hydrogen-bond acceptors (Lipinski definition) is 3. The molecule has 0 spiro atoms. The van der Waals surface area contributed by atoms with E-state index < -0.39 is 10.2 Å². The summed E-state index contributed by atoms with van der Waals surface area (Å²) >= 11 is 0. The van der Waals surface area contributed by atoms with Crippen LogP contribution in [-0.2, 0) is 23.1 Å². The first-order valence-corrected chi connectivity index (χ1v) is 7.35. The molecule has 1 N–H and O–H groups in total. The summed E-state index contributed by atoms with van der Waals surface area (Å²) in [5.74, 6) is 0.952. The van der Waals surface area contributed by atoms with Crippen molar-refractivity contribution >= 4 is 10.2 Å². The van der Waals surface area contributed by atoms with Gasteiger partial charge in [0, 0.05) is 27.1 Å². The van der Waals surface area contributed by atoms with Crippen molar-refractivity contribution in [2.45, 2.75) is 12.8 Å². The second kappa shape index (κ2) is 5.26. The predicted molar refractivity (Wildman–Crippen MR) is 70.0 cm³/mol. The number of rotatable bonds is 5. The van der Waals surface area contributed by atoms with Gasteiger partial charge in [0.05, 0.1) is 6.61 Å². The van der Waals surface area contributed by atoms with Crippen LogP contribution in [0.15, 0.2) is 18.2 Å². The molecular formula is C12H18N2O3S. The van der Waals surface area contributed by atoms with Gasteiger partial charge in [-0.1, -0.05) is 12.1 Å². The van der Waals surface area contributed by atoms with Crippen molar-refractivity contribution in [3.63, 3.8) is 0 Å². The molecule has 0 unspecified atom stereocenters. The van der Waals surface area contributed by atoms with Crippen molar-refractivity contribution < 1.29 is 13.2 Å². The molecule has 1 heterocycles. The minimum Gasteiger partial charge on any atom is -0.493 e. The summed E-state index contributed by atoms with van der Waals surface area (Å²) in [6.45, 7) is 1.15. The van der Waals surface area contributed by atoms with E-state index in [-0.39, 0.29) is 0 Å². The van der Waals surface area contributed by atoms with Crippen LogP contribution in [0.4, 0.5) is 0 Å². The molecule has 0 bridgehead atoms. The molecular weight excluding hydrogens is 252 g/mol. The first-order chi connectivity index (χ1) is 8.49. The standard InChI is InChI=1S/C12H18N2O3S/c1-14(2)18(15,16)13-7-5-10-3-4-12-11(9-10)6-8-17-12/h3-4,9,13H,5-8H2,1-2H3. The van der Waals surface area contributed by atoms with E-state index in [0.29, 0.717) is 13.0 Å². The third-order valence-electron chi connectivity index (χ3n) is 2.93. The number of nitrogens with one attached hydrogen (secondary N) is 1. The van der Waals surface area contributed by atoms with E-state index in [2.05, 4.69) is 10.8 Å². The number of benzene rings is 1. The lowest BCUT2D eigenvalue weighted by Crippen LogP contribution is -2.36. The lowest BCUT2D eigenvalue weighted by atomic mass is 10.1. The zero-order valence-electron chi connectivity index (χ0n) is 10.6. The van der Waals surface area contributed by atoms with Crippen LogP contribution in [0.3, 0.4) is 0 Å². The lowest BCUT2D eigenvalue weighted by molar-refractivity contribution is 0.357. The monoisotopic (exact) mass is 270 g/mol. The fraction of sp³-hybridized carbons (Fsp3) is 0.500. The molecule has 1 aromatic carbocycles. The van der Waals surface area contributed by atoms with Gasteiger partial charge in [0.15, 0.2) is 0 Å². The van der Waals surface area contributed by atoms with Gasteiger partial charge < -0.3 is 4.74 Å². The Kier molecular flexibility index (Phi) is 3.89. The van der Waals surface area contributed by atoms with Crippen LogP contribution >= 0.6 is 0 Å². The van der Waals surface area contributed by atoms with E-state index in [1.54, 1.807) is 0 Å². The topological polar surface area (TPSA) is 58.6 Å². The van der Waals surface area contributed by atoms with Crippen LogP contribution in [0.1, 0.15) is 11.1 Å². The summed E-state index contributed by atoms with van der Waals surface area (Å²) in [4.78, 5) is 0. The summed E-state index contributed by atoms with van der Waals surface area (Å²) in [5.41, 5.74) is 2.34. The smallest absolute Gasteiger partial charge is 0.278 e. The van der Waals surface area contributed by atoms with E-state index >= 15 is 0 Å². The first kappa shape index (κ1) is 13.3. The van der Waals surface area contributed by atoms with Crippen LogP contribution in [0.25, 0.3) is 0 Å². The number of nitrogens with zero attached hydrogens (tertiary/aromatic N) is 1. The number of ether oxygens (including phenoxy) is 1. The molecule has 0 aromatic heterocycles.